The van der Waals surface area contributed by atoms with E-state index in [1.54, 1.807) is 19.1 Å². The van der Waals surface area contributed by atoms with Crippen LogP contribution in [-0.4, -0.2) is 39.2 Å². The van der Waals surface area contributed by atoms with E-state index in [-0.39, 0.29) is 11.6 Å². The van der Waals surface area contributed by atoms with E-state index in [0.29, 0.717) is 17.1 Å². The molecular formula is C20H23FN6O. The number of tetrazole rings is 1. The van der Waals surface area contributed by atoms with Crippen LogP contribution in [0.15, 0.2) is 42.5 Å². The molecule has 0 unspecified atom stereocenters. The maximum atomic E-state index is 14.2. The van der Waals surface area contributed by atoms with Crippen molar-refractivity contribution in [2.75, 3.05) is 23.3 Å². The maximum Gasteiger partial charge on any atom is 0.255 e. The Morgan fingerprint density at radius 2 is 1.93 bits per heavy atom. The van der Waals surface area contributed by atoms with Crippen molar-refractivity contribution >= 4 is 17.3 Å². The van der Waals surface area contributed by atoms with Gasteiger partial charge in [-0.1, -0.05) is 6.92 Å². The molecule has 1 aromatic heterocycles. The van der Waals surface area contributed by atoms with Crippen LogP contribution in [-0.2, 0) is 0 Å². The van der Waals surface area contributed by atoms with Crippen LogP contribution in [0.3, 0.4) is 0 Å². The number of hydrogen-bond acceptors (Lipinski definition) is 5. The molecule has 3 aromatic rings. The molecule has 7 nitrogen and oxygen atoms in total. The van der Waals surface area contributed by atoms with Gasteiger partial charge < -0.3 is 10.2 Å². The van der Waals surface area contributed by atoms with Crippen LogP contribution >= 0.6 is 0 Å². The first-order valence-corrected chi connectivity index (χ1v) is 9.24. The molecule has 0 atom stereocenters. The Morgan fingerprint density at radius 3 is 2.54 bits per heavy atom. The lowest BCUT2D eigenvalue weighted by atomic mass is 10.1. The average Bonchev–Trinajstić information content (AvgIpc) is 3.13. The molecule has 8 heteroatoms. The number of aryl methyl sites for hydroxylation is 1. The van der Waals surface area contributed by atoms with Gasteiger partial charge in [-0.3, -0.25) is 4.79 Å². The predicted octanol–water partition coefficient (Wildman–Crippen LogP) is 3.60. The summed E-state index contributed by atoms with van der Waals surface area (Å²) >= 11 is 0. The summed E-state index contributed by atoms with van der Waals surface area (Å²) in [5, 5.41) is 13.9. The van der Waals surface area contributed by atoms with Crippen LogP contribution in [0.2, 0.25) is 0 Å². The van der Waals surface area contributed by atoms with Crippen LogP contribution in [0, 0.1) is 12.7 Å². The van der Waals surface area contributed by atoms with Gasteiger partial charge in [0.15, 0.2) is 5.82 Å². The monoisotopic (exact) mass is 382 g/mol. The number of halogens is 1. The third kappa shape index (κ3) is 4.16. The highest BCUT2D eigenvalue weighted by atomic mass is 19.1. The van der Waals surface area contributed by atoms with Crippen molar-refractivity contribution in [1.29, 1.82) is 0 Å². The molecule has 0 aliphatic rings. The zero-order valence-corrected chi connectivity index (χ0v) is 16.2. The first-order valence-electron chi connectivity index (χ1n) is 9.24. The number of rotatable bonds is 7. The van der Waals surface area contributed by atoms with Gasteiger partial charge in [-0.2, -0.15) is 4.68 Å². The number of aromatic nitrogens is 4. The summed E-state index contributed by atoms with van der Waals surface area (Å²) in [5.41, 5.74) is 2.25. The number of benzene rings is 2. The largest absolute Gasteiger partial charge is 0.372 e. The number of nitrogens with one attached hydrogen (secondary N) is 1. The second kappa shape index (κ2) is 8.60. The van der Waals surface area contributed by atoms with Crippen molar-refractivity contribution in [2.45, 2.75) is 27.2 Å². The van der Waals surface area contributed by atoms with E-state index >= 15 is 0 Å². The molecule has 0 aliphatic carbocycles. The molecule has 1 heterocycles. The minimum atomic E-state index is -0.478. The quantitative estimate of drug-likeness (QED) is 0.676. The van der Waals surface area contributed by atoms with Gasteiger partial charge in [0.1, 0.15) is 11.5 Å². The number of anilines is 2. The lowest BCUT2D eigenvalue weighted by molar-refractivity contribution is 0.102. The van der Waals surface area contributed by atoms with Crippen molar-refractivity contribution in [3.63, 3.8) is 0 Å². The van der Waals surface area contributed by atoms with Crippen molar-refractivity contribution in [3.8, 4) is 5.69 Å². The molecule has 1 amide bonds. The lowest BCUT2D eigenvalue weighted by Gasteiger charge is -2.22. The molecule has 28 heavy (non-hydrogen) atoms. The molecule has 3 rings (SSSR count). The van der Waals surface area contributed by atoms with Crippen LogP contribution in [0.5, 0.6) is 0 Å². The Morgan fingerprint density at radius 1 is 1.18 bits per heavy atom. The van der Waals surface area contributed by atoms with E-state index in [2.05, 4.69) is 39.6 Å². The SMILES string of the molecule is CCCN(CC)c1ccc(C(=O)Nc2ccc(F)c(-n3nnnc3C)c2)cc1. The first kappa shape index (κ1) is 19.5. The lowest BCUT2D eigenvalue weighted by Crippen LogP contribution is -2.23. The van der Waals surface area contributed by atoms with Gasteiger partial charge in [0, 0.05) is 30.0 Å². The summed E-state index contributed by atoms with van der Waals surface area (Å²) in [4.78, 5) is 14.8. The Bertz CT molecular complexity index is 954. The van der Waals surface area contributed by atoms with Crippen molar-refractivity contribution in [1.82, 2.24) is 20.2 Å². The van der Waals surface area contributed by atoms with Crippen LogP contribution in [0.4, 0.5) is 15.8 Å². The Hall–Kier alpha value is -3.29. The summed E-state index contributed by atoms with van der Waals surface area (Å²) < 4.78 is 15.4. The van der Waals surface area contributed by atoms with Gasteiger partial charge >= 0.3 is 0 Å². The molecule has 0 aliphatic heterocycles. The zero-order valence-electron chi connectivity index (χ0n) is 16.2. The number of hydrogen-bond donors (Lipinski definition) is 1. The Labute approximate surface area is 163 Å². The number of nitrogens with zero attached hydrogens (tertiary/aromatic N) is 5. The highest BCUT2D eigenvalue weighted by Gasteiger charge is 2.13. The van der Waals surface area contributed by atoms with Crippen molar-refractivity contribution in [2.24, 2.45) is 0 Å². The normalized spacial score (nSPS) is 10.7. The summed E-state index contributed by atoms with van der Waals surface area (Å²) in [6, 6.07) is 11.7. The molecule has 146 valence electrons. The Kier molecular flexibility index (Phi) is 5.98. The summed E-state index contributed by atoms with van der Waals surface area (Å²) in [6.07, 6.45) is 1.06. The fourth-order valence-electron chi connectivity index (χ4n) is 2.97. The van der Waals surface area contributed by atoms with E-state index in [1.165, 1.54) is 22.9 Å². The molecule has 0 spiro atoms. The van der Waals surface area contributed by atoms with E-state index in [0.717, 1.165) is 25.2 Å². The Balaban J connectivity index is 1.77. The van der Waals surface area contributed by atoms with E-state index in [4.69, 9.17) is 0 Å². The minimum Gasteiger partial charge on any atom is -0.372 e. The molecule has 0 saturated carbocycles. The first-order chi connectivity index (χ1) is 13.5. The fraction of sp³-hybridized carbons (Fsp3) is 0.300. The van der Waals surface area contributed by atoms with Gasteiger partial charge in [-0.15, -0.1) is 5.10 Å². The fourth-order valence-corrected chi connectivity index (χ4v) is 2.97. The molecule has 0 radical (unpaired) electrons. The van der Waals surface area contributed by atoms with E-state index in [1.807, 2.05) is 12.1 Å². The molecule has 1 N–H and O–H groups in total. The minimum absolute atomic E-state index is 0.175. The van der Waals surface area contributed by atoms with E-state index < -0.39 is 5.82 Å². The zero-order chi connectivity index (χ0) is 20.1. The summed E-state index contributed by atoms with van der Waals surface area (Å²) in [6.45, 7) is 7.79. The third-order valence-electron chi connectivity index (χ3n) is 4.43. The summed E-state index contributed by atoms with van der Waals surface area (Å²) in [7, 11) is 0. The van der Waals surface area contributed by atoms with Gasteiger partial charge in [-0.25, -0.2) is 4.39 Å². The topological polar surface area (TPSA) is 75.9 Å². The number of carbonyl (C=O) groups is 1. The van der Waals surface area contributed by atoms with Gasteiger partial charge in [-0.05, 0) is 73.2 Å². The molecule has 0 bridgehead atoms. The van der Waals surface area contributed by atoms with Crippen molar-refractivity contribution < 1.29 is 9.18 Å². The van der Waals surface area contributed by atoms with Gasteiger partial charge in [0.25, 0.3) is 5.91 Å². The second-order valence-electron chi connectivity index (χ2n) is 6.38. The highest BCUT2D eigenvalue weighted by Crippen LogP contribution is 2.20. The van der Waals surface area contributed by atoms with Gasteiger partial charge in [0.05, 0.1) is 0 Å². The predicted molar refractivity (Wildman–Crippen MR) is 106 cm³/mol. The molecule has 0 saturated heterocycles. The average molecular weight is 382 g/mol. The molecular weight excluding hydrogens is 359 g/mol. The standard InChI is InChI=1S/C20H23FN6O/c1-4-12-26(5-2)17-9-6-15(7-10-17)20(28)22-16-8-11-18(21)19(13-16)27-14(3)23-24-25-27/h6-11,13H,4-5,12H2,1-3H3,(H,22,28). The second-order valence-corrected chi connectivity index (χ2v) is 6.38. The van der Waals surface area contributed by atoms with Crippen molar-refractivity contribution in [3.05, 3.63) is 59.7 Å². The van der Waals surface area contributed by atoms with Crippen LogP contribution in [0.25, 0.3) is 5.69 Å². The number of amides is 1. The van der Waals surface area contributed by atoms with Gasteiger partial charge in [0.2, 0.25) is 0 Å². The summed E-state index contributed by atoms with van der Waals surface area (Å²) in [5.74, 6) is -0.296. The molecule has 2 aromatic carbocycles. The smallest absolute Gasteiger partial charge is 0.255 e. The van der Waals surface area contributed by atoms with Crippen LogP contribution < -0.4 is 10.2 Å². The third-order valence-corrected chi connectivity index (χ3v) is 4.43. The number of carbonyl (C=O) groups excluding carboxylic acids is 1. The van der Waals surface area contributed by atoms with Crippen LogP contribution in [0.1, 0.15) is 36.5 Å². The molecule has 0 fully saturated rings. The van der Waals surface area contributed by atoms with E-state index in [9.17, 15) is 9.18 Å². The maximum absolute atomic E-state index is 14.2. The highest BCUT2D eigenvalue weighted by molar-refractivity contribution is 6.04.